The molecule has 0 fully saturated rings. The smallest absolute Gasteiger partial charge is 0.338 e. The maximum Gasteiger partial charge on any atom is 0.338 e. The summed E-state index contributed by atoms with van der Waals surface area (Å²) in [5.41, 5.74) is 3.34. The third kappa shape index (κ3) is 3.79. The van der Waals surface area contributed by atoms with Crippen LogP contribution in [0.1, 0.15) is 46.8 Å². The maximum atomic E-state index is 12.3. The summed E-state index contributed by atoms with van der Waals surface area (Å²) in [7, 11) is 0. The SMILES string of the molecule is Cc1ccc2c(COC(=O)c3ccc(C(C)C)cc3)cc(=O)oc2c1. The van der Waals surface area contributed by atoms with Crippen molar-refractivity contribution in [1.29, 1.82) is 0 Å². The third-order valence-corrected chi connectivity index (χ3v) is 4.16. The summed E-state index contributed by atoms with van der Waals surface area (Å²) in [5, 5.41) is 0.771. The number of aryl methyl sites for hydroxylation is 1. The van der Waals surface area contributed by atoms with Gasteiger partial charge < -0.3 is 9.15 Å². The third-order valence-electron chi connectivity index (χ3n) is 4.16. The Morgan fingerprint density at radius 3 is 2.48 bits per heavy atom. The van der Waals surface area contributed by atoms with E-state index in [0.717, 1.165) is 10.9 Å². The predicted octanol–water partition coefficient (Wildman–Crippen LogP) is 4.58. The van der Waals surface area contributed by atoms with Gasteiger partial charge in [-0.25, -0.2) is 9.59 Å². The lowest BCUT2D eigenvalue weighted by Crippen LogP contribution is -2.08. The minimum absolute atomic E-state index is 0.0237. The van der Waals surface area contributed by atoms with Gasteiger partial charge >= 0.3 is 11.6 Å². The van der Waals surface area contributed by atoms with Gasteiger partial charge in [0.05, 0.1) is 5.56 Å². The molecule has 4 heteroatoms. The van der Waals surface area contributed by atoms with Crippen LogP contribution >= 0.6 is 0 Å². The molecule has 4 nitrogen and oxygen atoms in total. The predicted molar refractivity (Wildman–Crippen MR) is 96.9 cm³/mol. The molecule has 128 valence electrons. The first-order chi connectivity index (χ1) is 11.9. The number of carbonyl (C=O) groups excluding carboxylic acids is 1. The molecule has 2 aromatic carbocycles. The van der Waals surface area contributed by atoms with E-state index in [1.807, 2.05) is 31.2 Å². The fourth-order valence-corrected chi connectivity index (χ4v) is 2.69. The van der Waals surface area contributed by atoms with Gasteiger partial charge in [0.15, 0.2) is 0 Å². The van der Waals surface area contributed by atoms with Gasteiger partial charge in [-0.1, -0.05) is 38.1 Å². The van der Waals surface area contributed by atoms with Crippen molar-refractivity contribution in [3.63, 3.8) is 0 Å². The van der Waals surface area contributed by atoms with Gasteiger partial charge in [0.2, 0.25) is 0 Å². The molecule has 3 rings (SSSR count). The van der Waals surface area contributed by atoms with Crippen molar-refractivity contribution in [1.82, 2.24) is 0 Å². The van der Waals surface area contributed by atoms with Crippen LogP contribution in [0, 0.1) is 6.92 Å². The Labute approximate surface area is 146 Å². The molecule has 0 bridgehead atoms. The second-order valence-corrected chi connectivity index (χ2v) is 6.44. The summed E-state index contributed by atoms with van der Waals surface area (Å²) in [6.45, 7) is 6.14. The molecule has 0 radical (unpaired) electrons. The summed E-state index contributed by atoms with van der Waals surface area (Å²) >= 11 is 0. The van der Waals surface area contributed by atoms with E-state index >= 15 is 0 Å². The van der Waals surface area contributed by atoms with Gasteiger partial charge in [0.1, 0.15) is 12.2 Å². The Kier molecular flexibility index (Phi) is 4.70. The number of rotatable bonds is 4. The molecular weight excluding hydrogens is 316 g/mol. The van der Waals surface area contributed by atoms with Gasteiger partial charge in [-0.2, -0.15) is 0 Å². The number of hydrogen-bond donors (Lipinski definition) is 0. The second-order valence-electron chi connectivity index (χ2n) is 6.44. The van der Waals surface area contributed by atoms with Gasteiger partial charge in [0, 0.05) is 17.0 Å². The van der Waals surface area contributed by atoms with Crippen molar-refractivity contribution in [3.8, 4) is 0 Å². The first-order valence-electron chi connectivity index (χ1n) is 8.24. The van der Waals surface area contributed by atoms with Crippen LogP contribution in [-0.4, -0.2) is 5.97 Å². The van der Waals surface area contributed by atoms with Crippen molar-refractivity contribution in [2.45, 2.75) is 33.3 Å². The average molecular weight is 336 g/mol. The molecule has 1 heterocycles. The fraction of sp³-hybridized carbons (Fsp3) is 0.238. The van der Waals surface area contributed by atoms with Crippen molar-refractivity contribution in [2.75, 3.05) is 0 Å². The first-order valence-corrected chi connectivity index (χ1v) is 8.24. The Balaban J connectivity index is 1.80. The van der Waals surface area contributed by atoms with E-state index in [-0.39, 0.29) is 6.61 Å². The number of hydrogen-bond acceptors (Lipinski definition) is 4. The summed E-state index contributed by atoms with van der Waals surface area (Å²) in [5.74, 6) is -0.00718. The number of fused-ring (bicyclic) bond motifs is 1. The zero-order valence-electron chi connectivity index (χ0n) is 14.5. The van der Waals surface area contributed by atoms with Crippen LogP contribution in [0.25, 0.3) is 11.0 Å². The van der Waals surface area contributed by atoms with E-state index in [4.69, 9.17) is 9.15 Å². The molecule has 0 unspecified atom stereocenters. The summed E-state index contributed by atoms with van der Waals surface area (Å²) in [4.78, 5) is 24.0. The molecule has 0 amide bonds. The van der Waals surface area contributed by atoms with Gasteiger partial charge in [0.25, 0.3) is 0 Å². The van der Waals surface area contributed by atoms with Crippen molar-refractivity contribution < 1.29 is 13.9 Å². The molecule has 3 aromatic rings. The number of esters is 1. The van der Waals surface area contributed by atoms with Gasteiger partial charge in [-0.3, -0.25) is 0 Å². The molecule has 0 atom stereocenters. The number of carbonyl (C=O) groups is 1. The van der Waals surface area contributed by atoms with Crippen LogP contribution in [0.15, 0.2) is 57.7 Å². The van der Waals surface area contributed by atoms with E-state index in [0.29, 0.717) is 22.6 Å². The minimum Gasteiger partial charge on any atom is -0.457 e. The lowest BCUT2D eigenvalue weighted by molar-refractivity contribution is 0.0474. The van der Waals surface area contributed by atoms with Gasteiger partial charge in [-0.05, 0) is 42.2 Å². The molecule has 0 aliphatic rings. The van der Waals surface area contributed by atoms with Crippen molar-refractivity contribution in [3.05, 3.63) is 81.2 Å². The van der Waals surface area contributed by atoms with Crippen molar-refractivity contribution >= 4 is 16.9 Å². The van der Waals surface area contributed by atoms with Crippen LogP contribution in [-0.2, 0) is 11.3 Å². The topological polar surface area (TPSA) is 56.5 Å². The fourth-order valence-electron chi connectivity index (χ4n) is 2.69. The molecule has 0 aliphatic heterocycles. The maximum absolute atomic E-state index is 12.3. The largest absolute Gasteiger partial charge is 0.457 e. The van der Waals surface area contributed by atoms with Crippen molar-refractivity contribution in [2.24, 2.45) is 0 Å². The van der Waals surface area contributed by atoms with Crippen LogP contribution in [0.2, 0.25) is 0 Å². The van der Waals surface area contributed by atoms with Gasteiger partial charge in [-0.15, -0.1) is 0 Å². The highest BCUT2D eigenvalue weighted by molar-refractivity contribution is 5.89. The Hall–Kier alpha value is -2.88. The number of ether oxygens (including phenoxy) is 1. The van der Waals surface area contributed by atoms with Crippen LogP contribution in [0.5, 0.6) is 0 Å². The molecule has 25 heavy (non-hydrogen) atoms. The highest BCUT2D eigenvalue weighted by Crippen LogP contribution is 2.20. The lowest BCUT2D eigenvalue weighted by Gasteiger charge is -2.09. The summed E-state index contributed by atoms with van der Waals surface area (Å²) in [6.07, 6.45) is 0. The molecule has 1 aromatic heterocycles. The van der Waals surface area contributed by atoms with E-state index in [1.165, 1.54) is 11.6 Å². The summed E-state index contributed by atoms with van der Waals surface area (Å²) < 4.78 is 10.6. The second kappa shape index (κ2) is 6.93. The average Bonchev–Trinajstić information content (AvgIpc) is 2.58. The molecule has 0 saturated carbocycles. The molecule has 0 spiro atoms. The zero-order valence-corrected chi connectivity index (χ0v) is 14.5. The quantitative estimate of drug-likeness (QED) is 0.517. The Morgan fingerprint density at radius 1 is 1.08 bits per heavy atom. The Morgan fingerprint density at radius 2 is 1.80 bits per heavy atom. The molecule has 0 N–H and O–H groups in total. The monoisotopic (exact) mass is 336 g/mol. The van der Waals surface area contributed by atoms with Crippen LogP contribution in [0.4, 0.5) is 0 Å². The first kappa shape index (κ1) is 17.0. The van der Waals surface area contributed by atoms with Crippen LogP contribution < -0.4 is 5.63 Å². The normalized spacial score (nSPS) is 11.0. The molecule has 0 saturated heterocycles. The minimum atomic E-state index is -0.453. The van der Waals surface area contributed by atoms with E-state index in [9.17, 15) is 9.59 Å². The van der Waals surface area contributed by atoms with E-state index in [2.05, 4.69) is 13.8 Å². The zero-order chi connectivity index (χ0) is 18.0. The summed E-state index contributed by atoms with van der Waals surface area (Å²) in [6, 6.07) is 14.3. The lowest BCUT2D eigenvalue weighted by atomic mass is 10.0. The van der Waals surface area contributed by atoms with E-state index in [1.54, 1.807) is 18.2 Å². The Bertz CT molecular complexity index is 965. The standard InChI is InChI=1S/C21H20O4/c1-13(2)15-5-7-16(8-6-15)21(23)24-12-17-11-20(22)25-19-10-14(3)4-9-18(17)19/h4-11,13H,12H2,1-3H3. The number of benzene rings is 2. The molecule has 0 aliphatic carbocycles. The highest BCUT2D eigenvalue weighted by atomic mass is 16.5. The van der Waals surface area contributed by atoms with E-state index < -0.39 is 11.6 Å². The molecular formula is C21H20O4. The highest BCUT2D eigenvalue weighted by Gasteiger charge is 2.11. The van der Waals surface area contributed by atoms with Crippen LogP contribution in [0.3, 0.4) is 0 Å².